The quantitative estimate of drug-likeness (QED) is 0.896. The Balaban J connectivity index is 1.45. The summed E-state index contributed by atoms with van der Waals surface area (Å²) in [5.41, 5.74) is 0.974. The van der Waals surface area contributed by atoms with Crippen molar-refractivity contribution in [1.29, 1.82) is 0 Å². The lowest BCUT2D eigenvalue weighted by Gasteiger charge is -2.31. The third-order valence-electron chi connectivity index (χ3n) is 4.63. The number of fused-ring (bicyclic) bond motifs is 1. The Morgan fingerprint density at radius 3 is 2.95 bits per heavy atom. The summed E-state index contributed by atoms with van der Waals surface area (Å²) in [6.07, 6.45) is 4.27. The van der Waals surface area contributed by atoms with Gasteiger partial charge >= 0.3 is 0 Å². The van der Waals surface area contributed by atoms with Crippen LogP contribution >= 0.6 is 0 Å². The average molecular weight is 300 g/mol. The van der Waals surface area contributed by atoms with E-state index in [0.717, 1.165) is 55.5 Å². The van der Waals surface area contributed by atoms with Crippen LogP contribution in [-0.4, -0.2) is 52.8 Å². The molecule has 0 saturated carbocycles. The molecule has 0 aliphatic carbocycles. The Bertz CT molecular complexity index is 678. The van der Waals surface area contributed by atoms with Crippen molar-refractivity contribution in [2.45, 2.75) is 31.4 Å². The number of likely N-dealkylation sites (tertiary alicyclic amines) is 1. The fourth-order valence-electron chi connectivity index (χ4n) is 3.42. The number of amides is 1. The van der Waals surface area contributed by atoms with Crippen molar-refractivity contribution in [2.75, 3.05) is 19.6 Å². The summed E-state index contributed by atoms with van der Waals surface area (Å²) in [6, 6.07) is 6.13. The summed E-state index contributed by atoms with van der Waals surface area (Å²) < 4.78 is 5.94. The van der Waals surface area contributed by atoms with Crippen LogP contribution in [0.15, 0.2) is 24.4 Å². The van der Waals surface area contributed by atoms with Crippen molar-refractivity contribution in [1.82, 2.24) is 20.4 Å². The van der Waals surface area contributed by atoms with Gasteiger partial charge in [-0.2, -0.15) is 5.10 Å². The van der Waals surface area contributed by atoms with Crippen molar-refractivity contribution in [3.63, 3.8) is 0 Å². The molecule has 2 fully saturated rings. The fraction of sp³-hybridized carbons (Fsp3) is 0.500. The first-order chi connectivity index (χ1) is 10.8. The zero-order valence-corrected chi connectivity index (χ0v) is 12.4. The number of H-pyrrole nitrogens is 1. The molecule has 116 valence electrons. The van der Waals surface area contributed by atoms with Gasteiger partial charge in [0, 0.05) is 24.4 Å². The first-order valence-electron chi connectivity index (χ1n) is 7.92. The number of rotatable bonds is 3. The van der Waals surface area contributed by atoms with Gasteiger partial charge in [-0.25, -0.2) is 0 Å². The molecule has 2 aliphatic heterocycles. The fourth-order valence-corrected chi connectivity index (χ4v) is 3.42. The van der Waals surface area contributed by atoms with E-state index in [-0.39, 0.29) is 12.0 Å². The van der Waals surface area contributed by atoms with Crippen LogP contribution in [0.25, 0.3) is 10.9 Å². The molecule has 0 bridgehead atoms. The predicted octanol–water partition coefficient (Wildman–Crippen LogP) is 1.29. The first kappa shape index (κ1) is 13.6. The largest absolute Gasteiger partial charge is 0.481 e. The predicted molar refractivity (Wildman–Crippen MR) is 82.7 cm³/mol. The molecule has 4 rings (SSSR count). The zero-order chi connectivity index (χ0) is 14.9. The number of aromatic amines is 1. The van der Waals surface area contributed by atoms with Crippen molar-refractivity contribution >= 4 is 16.8 Å². The molecule has 2 N–H and O–H groups in total. The topological polar surface area (TPSA) is 70.2 Å². The highest BCUT2D eigenvalue weighted by atomic mass is 16.5. The first-order valence-corrected chi connectivity index (χ1v) is 7.92. The Morgan fingerprint density at radius 2 is 2.09 bits per heavy atom. The molecule has 3 heterocycles. The molecular weight excluding hydrogens is 280 g/mol. The van der Waals surface area contributed by atoms with Crippen molar-refractivity contribution in [2.24, 2.45) is 0 Å². The summed E-state index contributed by atoms with van der Waals surface area (Å²) in [7, 11) is 0. The smallest absolute Gasteiger partial charge is 0.263 e. The van der Waals surface area contributed by atoms with Gasteiger partial charge in [0.25, 0.3) is 5.91 Å². The van der Waals surface area contributed by atoms with E-state index in [1.54, 1.807) is 6.20 Å². The summed E-state index contributed by atoms with van der Waals surface area (Å²) in [4.78, 5) is 14.6. The maximum atomic E-state index is 12.6. The minimum absolute atomic E-state index is 0.138. The minimum atomic E-state index is -0.348. The van der Waals surface area contributed by atoms with Crippen LogP contribution in [0.4, 0.5) is 0 Å². The SMILES string of the molecule is O=C1C(Oc2ccc3[nH]ncc3c2)CCN1C1CCNCC1. The molecule has 0 spiro atoms. The summed E-state index contributed by atoms with van der Waals surface area (Å²) >= 11 is 0. The summed E-state index contributed by atoms with van der Waals surface area (Å²) in [5.74, 6) is 0.874. The molecule has 2 saturated heterocycles. The third kappa shape index (κ3) is 2.43. The molecule has 6 heteroatoms. The number of carbonyl (C=O) groups is 1. The standard InChI is InChI=1S/C16H20N4O2/c21-16-15(5-8-20(16)12-3-6-17-7-4-12)22-13-1-2-14-11(9-13)10-18-19-14/h1-2,9-10,12,15,17H,3-8H2,(H,18,19). The van der Waals surface area contributed by atoms with Crippen molar-refractivity contribution in [3.05, 3.63) is 24.4 Å². The Morgan fingerprint density at radius 1 is 1.23 bits per heavy atom. The zero-order valence-electron chi connectivity index (χ0n) is 12.4. The van der Waals surface area contributed by atoms with E-state index in [1.807, 2.05) is 23.1 Å². The summed E-state index contributed by atoms with van der Waals surface area (Å²) in [5, 5.41) is 11.3. The molecule has 1 aromatic heterocycles. The second-order valence-corrected chi connectivity index (χ2v) is 6.03. The lowest BCUT2D eigenvalue weighted by Crippen LogP contribution is -2.45. The number of aromatic nitrogens is 2. The van der Waals surface area contributed by atoms with Crippen molar-refractivity contribution in [3.8, 4) is 5.75 Å². The normalized spacial score (nSPS) is 23.4. The van der Waals surface area contributed by atoms with Crippen LogP contribution in [0, 0.1) is 0 Å². The lowest BCUT2D eigenvalue weighted by molar-refractivity contribution is -0.135. The Kier molecular flexibility index (Phi) is 3.46. The van der Waals surface area contributed by atoms with Gasteiger partial charge in [-0.15, -0.1) is 0 Å². The van der Waals surface area contributed by atoms with Gasteiger partial charge < -0.3 is 15.0 Å². The number of carbonyl (C=O) groups excluding carboxylic acids is 1. The van der Waals surface area contributed by atoms with E-state index >= 15 is 0 Å². The van der Waals surface area contributed by atoms with Crippen LogP contribution in [0.2, 0.25) is 0 Å². The molecule has 2 aromatic rings. The second-order valence-electron chi connectivity index (χ2n) is 6.03. The average Bonchev–Trinajstić information content (AvgIpc) is 3.15. The number of nitrogens with one attached hydrogen (secondary N) is 2. The van der Waals surface area contributed by atoms with Crippen LogP contribution in [0.1, 0.15) is 19.3 Å². The van der Waals surface area contributed by atoms with E-state index in [2.05, 4.69) is 15.5 Å². The number of nitrogens with zero attached hydrogens (tertiary/aromatic N) is 2. The van der Waals surface area contributed by atoms with Crippen LogP contribution < -0.4 is 10.1 Å². The van der Waals surface area contributed by atoms with E-state index in [9.17, 15) is 4.79 Å². The number of hydrogen-bond donors (Lipinski definition) is 2. The number of benzene rings is 1. The maximum absolute atomic E-state index is 12.6. The van der Waals surface area contributed by atoms with Gasteiger partial charge in [-0.3, -0.25) is 9.89 Å². The van der Waals surface area contributed by atoms with Crippen LogP contribution in [-0.2, 0) is 4.79 Å². The highest BCUT2D eigenvalue weighted by Gasteiger charge is 2.37. The number of hydrogen-bond acceptors (Lipinski definition) is 4. The van der Waals surface area contributed by atoms with E-state index in [0.29, 0.717) is 6.04 Å². The number of ether oxygens (including phenoxy) is 1. The Hall–Kier alpha value is -2.08. The molecular formula is C16H20N4O2. The van der Waals surface area contributed by atoms with Gasteiger partial charge in [-0.1, -0.05) is 0 Å². The molecule has 1 atom stereocenters. The molecule has 1 amide bonds. The monoisotopic (exact) mass is 300 g/mol. The van der Waals surface area contributed by atoms with Gasteiger partial charge in [0.05, 0.1) is 11.7 Å². The molecule has 1 aromatic carbocycles. The highest BCUT2D eigenvalue weighted by Crippen LogP contribution is 2.25. The van der Waals surface area contributed by atoms with E-state index in [1.165, 1.54) is 0 Å². The van der Waals surface area contributed by atoms with Gasteiger partial charge in [0.15, 0.2) is 6.10 Å². The lowest BCUT2D eigenvalue weighted by atomic mass is 10.1. The van der Waals surface area contributed by atoms with Crippen molar-refractivity contribution < 1.29 is 9.53 Å². The minimum Gasteiger partial charge on any atom is -0.481 e. The van der Waals surface area contributed by atoms with E-state index < -0.39 is 0 Å². The molecule has 1 unspecified atom stereocenters. The highest BCUT2D eigenvalue weighted by molar-refractivity contribution is 5.84. The second kappa shape index (κ2) is 5.61. The van der Waals surface area contributed by atoms with Gasteiger partial charge in [0.1, 0.15) is 5.75 Å². The maximum Gasteiger partial charge on any atom is 0.263 e. The van der Waals surface area contributed by atoms with E-state index in [4.69, 9.17) is 4.74 Å². The Labute approximate surface area is 128 Å². The van der Waals surface area contributed by atoms with Gasteiger partial charge in [0.2, 0.25) is 0 Å². The third-order valence-corrected chi connectivity index (χ3v) is 4.63. The van der Waals surface area contributed by atoms with Gasteiger partial charge in [-0.05, 0) is 44.1 Å². The molecule has 6 nitrogen and oxygen atoms in total. The van der Waals surface area contributed by atoms with Crippen LogP contribution in [0.5, 0.6) is 5.75 Å². The molecule has 2 aliphatic rings. The summed E-state index contributed by atoms with van der Waals surface area (Å²) in [6.45, 7) is 2.80. The molecule has 0 radical (unpaired) electrons. The number of piperidine rings is 1. The molecule has 22 heavy (non-hydrogen) atoms. The van der Waals surface area contributed by atoms with Crippen LogP contribution in [0.3, 0.4) is 0 Å².